The van der Waals surface area contributed by atoms with Gasteiger partial charge >= 0.3 is 0 Å². The van der Waals surface area contributed by atoms with Crippen LogP contribution in [0.4, 0.5) is 0 Å². The summed E-state index contributed by atoms with van der Waals surface area (Å²) in [7, 11) is 0. The van der Waals surface area contributed by atoms with Crippen molar-refractivity contribution in [2.24, 2.45) is 5.92 Å². The van der Waals surface area contributed by atoms with Crippen LogP contribution in [0.25, 0.3) is 0 Å². The normalized spacial score (nSPS) is 23.1. The fourth-order valence-electron chi connectivity index (χ4n) is 5.19. The van der Waals surface area contributed by atoms with E-state index in [4.69, 9.17) is 9.97 Å². The van der Waals surface area contributed by atoms with Gasteiger partial charge in [-0.25, -0.2) is 9.97 Å². The number of piperidine rings is 1. The first-order valence-corrected chi connectivity index (χ1v) is 11.9. The van der Waals surface area contributed by atoms with Crippen LogP contribution in [0.2, 0.25) is 0 Å². The lowest BCUT2D eigenvalue weighted by atomic mass is 9.83. The number of likely N-dealkylation sites (tertiary alicyclic amines) is 1. The van der Waals surface area contributed by atoms with Gasteiger partial charge in [0.15, 0.2) is 0 Å². The van der Waals surface area contributed by atoms with E-state index in [2.05, 4.69) is 5.32 Å². The van der Waals surface area contributed by atoms with Crippen molar-refractivity contribution in [3.8, 4) is 0 Å². The molecule has 1 aliphatic heterocycles. The standard InChI is InChI=1S/C24H36N4O2/c1-16-21(14-22(29)27-20-11-4-3-5-12-20)17(2)26-23(25-16)19-10-7-13-28(15-19)24(30)18-8-6-9-18/h18-20H,3-15H2,1-2H3,(H,27,29)/t19-/m0/s1. The lowest BCUT2D eigenvalue weighted by Gasteiger charge is -2.37. The SMILES string of the molecule is Cc1nc([C@H]2CCCN(C(=O)C3CCC3)C2)nc(C)c1CC(=O)NC1CCCCC1. The third kappa shape index (κ3) is 4.84. The Hall–Kier alpha value is -1.98. The molecule has 30 heavy (non-hydrogen) atoms. The van der Waals surface area contributed by atoms with E-state index in [-0.39, 0.29) is 17.7 Å². The van der Waals surface area contributed by atoms with E-state index in [1.54, 1.807) is 0 Å². The Morgan fingerprint density at radius 2 is 1.63 bits per heavy atom. The van der Waals surface area contributed by atoms with Gasteiger partial charge < -0.3 is 10.2 Å². The molecule has 0 aromatic carbocycles. The summed E-state index contributed by atoms with van der Waals surface area (Å²) >= 11 is 0. The predicted octanol–water partition coefficient (Wildman–Crippen LogP) is 3.59. The van der Waals surface area contributed by atoms with E-state index >= 15 is 0 Å². The predicted molar refractivity (Wildman–Crippen MR) is 116 cm³/mol. The number of hydrogen-bond donors (Lipinski definition) is 1. The van der Waals surface area contributed by atoms with Crippen LogP contribution in [-0.4, -0.2) is 45.8 Å². The molecule has 1 aromatic rings. The molecule has 2 aliphatic carbocycles. The van der Waals surface area contributed by atoms with Crippen molar-refractivity contribution in [2.75, 3.05) is 13.1 Å². The van der Waals surface area contributed by atoms with Crippen LogP contribution in [0, 0.1) is 19.8 Å². The van der Waals surface area contributed by atoms with Crippen molar-refractivity contribution >= 4 is 11.8 Å². The Morgan fingerprint density at radius 3 is 2.27 bits per heavy atom. The van der Waals surface area contributed by atoms with Crippen molar-refractivity contribution in [1.29, 1.82) is 0 Å². The minimum atomic E-state index is 0.0828. The summed E-state index contributed by atoms with van der Waals surface area (Å²) in [6.45, 7) is 5.57. The number of amides is 2. The van der Waals surface area contributed by atoms with Gasteiger partial charge in [-0.15, -0.1) is 0 Å². The summed E-state index contributed by atoms with van der Waals surface area (Å²) in [6.07, 6.45) is 11.6. The molecule has 0 bridgehead atoms. The van der Waals surface area contributed by atoms with Crippen LogP contribution >= 0.6 is 0 Å². The quantitative estimate of drug-likeness (QED) is 0.802. The van der Waals surface area contributed by atoms with Gasteiger partial charge in [0.2, 0.25) is 11.8 Å². The van der Waals surface area contributed by atoms with Crippen molar-refractivity contribution in [3.63, 3.8) is 0 Å². The number of nitrogens with zero attached hydrogens (tertiary/aromatic N) is 3. The molecule has 2 heterocycles. The highest BCUT2D eigenvalue weighted by atomic mass is 16.2. The first-order chi connectivity index (χ1) is 14.5. The van der Waals surface area contributed by atoms with Gasteiger partial charge in [-0.05, 0) is 52.4 Å². The average molecular weight is 413 g/mol. The molecule has 0 spiro atoms. The lowest BCUT2D eigenvalue weighted by molar-refractivity contribution is -0.139. The van der Waals surface area contributed by atoms with Crippen molar-refractivity contribution < 1.29 is 9.59 Å². The molecule has 6 nitrogen and oxygen atoms in total. The van der Waals surface area contributed by atoms with E-state index in [0.717, 1.165) is 74.4 Å². The van der Waals surface area contributed by atoms with Gasteiger partial charge in [0.1, 0.15) is 5.82 Å². The third-order valence-electron chi connectivity index (χ3n) is 7.30. The summed E-state index contributed by atoms with van der Waals surface area (Å²) in [5, 5.41) is 3.20. The first-order valence-electron chi connectivity index (χ1n) is 11.9. The molecule has 1 aromatic heterocycles. The van der Waals surface area contributed by atoms with Crippen molar-refractivity contribution in [2.45, 2.75) is 96.4 Å². The maximum atomic E-state index is 12.7. The fraction of sp³-hybridized carbons (Fsp3) is 0.750. The van der Waals surface area contributed by atoms with Gasteiger partial charge in [-0.2, -0.15) is 0 Å². The molecule has 1 atom stereocenters. The molecule has 164 valence electrons. The van der Waals surface area contributed by atoms with Gasteiger partial charge in [0.05, 0.1) is 6.42 Å². The molecule has 6 heteroatoms. The lowest BCUT2D eigenvalue weighted by Crippen LogP contribution is -2.44. The Labute approximate surface area is 180 Å². The van der Waals surface area contributed by atoms with E-state index in [1.165, 1.54) is 25.7 Å². The van der Waals surface area contributed by atoms with Gasteiger partial charge in [-0.3, -0.25) is 9.59 Å². The Bertz CT molecular complexity index is 760. The molecule has 3 fully saturated rings. The molecule has 3 aliphatic rings. The molecule has 4 rings (SSSR count). The van der Waals surface area contributed by atoms with Crippen LogP contribution in [0.15, 0.2) is 0 Å². The Kier molecular flexibility index (Phi) is 6.69. The summed E-state index contributed by atoms with van der Waals surface area (Å²) < 4.78 is 0. The second kappa shape index (κ2) is 9.44. The molecule has 1 N–H and O–H groups in total. The summed E-state index contributed by atoms with van der Waals surface area (Å²) in [5.74, 6) is 1.70. The van der Waals surface area contributed by atoms with Crippen LogP contribution in [0.3, 0.4) is 0 Å². The number of rotatable bonds is 5. The van der Waals surface area contributed by atoms with Gasteiger partial charge in [0, 0.05) is 47.9 Å². The Balaban J connectivity index is 1.40. The highest BCUT2D eigenvalue weighted by Gasteiger charge is 2.33. The molecule has 2 saturated carbocycles. The highest BCUT2D eigenvalue weighted by molar-refractivity contribution is 5.80. The number of carbonyl (C=O) groups excluding carboxylic acids is 2. The summed E-state index contributed by atoms with van der Waals surface area (Å²) in [4.78, 5) is 36.9. The maximum absolute atomic E-state index is 12.7. The summed E-state index contributed by atoms with van der Waals surface area (Å²) in [6, 6.07) is 0.327. The number of nitrogens with one attached hydrogen (secondary N) is 1. The fourth-order valence-corrected chi connectivity index (χ4v) is 5.19. The molecule has 0 radical (unpaired) electrons. The molecular formula is C24H36N4O2. The second-order valence-corrected chi connectivity index (χ2v) is 9.56. The second-order valence-electron chi connectivity index (χ2n) is 9.56. The minimum absolute atomic E-state index is 0.0828. The topological polar surface area (TPSA) is 75.2 Å². The number of aromatic nitrogens is 2. The highest BCUT2D eigenvalue weighted by Crippen LogP contribution is 2.32. The largest absolute Gasteiger partial charge is 0.353 e. The monoisotopic (exact) mass is 412 g/mol. The number of aryl methyl sites for hydroxylation is 2. The zero-order valence-electron chi connectivity index (χ0n) is 18.6. The zero-order chi connectivity index (χ0) is 21.1. The number of hydrogen-bond acceptors (Lipinski definition) is 4. The molecular weight excluding hydrogens is 376 g/mol. The van der Waals surface area contributed by atoms with Crippen LogP contribution in [0.1, 0.15) is 92.9 Å². The van der Waals surface area contributed by atoms with E-state index < -0.39 is 0 Å². The maximum Gasteiger partial charge on any atom is 0.225 e. The van der Waals surface area contributed by atoms with Crippen LogP contribution < -0.4 is 5.32 Å². The van der Waals surface area contributed by atoms with E-state index in [9.17, 15) is 9.59 Å². The molecule has 1 saturated heterocycles. The molecule has 0 unspecified atom stereocenters. The summed E-state index contributed by atoms with van der Waals surface area (Å²) in [5.41, 5.74) is 2.75. The smallest absolute Gasteiger partial charge is 0.225 e. The third-order valence-corrected chi connectivity index (χ3v) is 7.30. The van der Waals surface area contributed by atoms with Crippen molar-refractivity contribution in [3.05, 3.63) is 22.8 Å². The number of carbonyl (C=O) groups is 2. The zero-order valence-corrected chi connectivity index (χ0v) is 18.6. The van der Waals surface area contributed by atoms with Crippen LogP contribution in [-0.2, 0) is 16.0 Å². The van der Waals surface area contributed by atoms with Crippen LogP contribution in [0.5, 0.6) is 0 Å². The minimum Gasteiger partial charge on any atom is -0.353 e. The van der Waals surface area contributed by atoms with E-state index in [1.807, 2.05) is 18.7 Å². The van der Waals surface area contributed by atoms with Gasteiger partial charge in [-0.1, -0.05) is 25.7 Å². The average Bonchev–Trinajstić information content (AvgIpc) is 2.70. The van der Waals surface area contributed by atoms with Crippen molar-refractivity contribution in [1.82, 2.24) is 20.2 Å². The first kappa shape index (κ1) is 21.3. The Morgan fingerprint density at radius 1 is 0.933 bits per heavy atom. The van der Waals surface area contributed by atoms with Gasteiger partial charge in [0.25, 0.3) is 0 Å². The molecule has 2 amide bonds. The van der Waals surface area contributed by atoms with E-state index in [0.29, 0.717) is 18.4 Å².